The minimum absolute atomic E-state index is 0.123. The van der Waals surface area contributed by atoms with Gasteiger partial charge < -0.3 is 9.72 Å². The second-order valence-corrected chi connectivity index (χ2v) is 5.92. The molecule has 2 aromatic carbocycles. The fourth-order valence-electron chi connectivity index (χ4n) is 2.86. The fourth-order valence-corrected chi connectivity index (χ4v) is 2.86. The highest BCUT2D eigenvalue weighted by molar-refractivity contribution is 6.04. The molecule has 142 valence electrons. The van der Waals surface area contributed by atoms with Crippen LogP contribution in [0.5, 0.6) is 0 Å². The lowest BCUT2D eigenvalue weighted by molar-refractivity contribution is -0.138. The summed E-state index contributed by atoms with van der Waals surface area (Å²) in [4.78, 5) is 15.1. The van der Waals surface area contributed by atoms with Gasteiger partial charge in [-0.05, 0) is 36.8 Å². The number of carbonyl (C=O) groups is 1. The maximum absolute atomic E-state index is 12.8. The normalized spacial score (nSPS) is 12.0. The predicted octanol–water partition coefficient (Wildman–Crippen LogP) is 5.32. The third-order valence-corrected chi connectivity index (χ3v) is 4.15. The highest BCUT2D eigenvalue weighted by Gasteiger charge is 2.30. The summed E-state index contributed by atoms with van der Waals surface area (Å²) < 4.78 is 43.4. The molecule has 1 N–H and O–H groups in total. The Morgan fingerprint density at radius 1 is 1.18 bits per heavy atom. The Balaban J connectivity index is 2.17. The third-order valence-electron chi connectivity index (χ3n) is 4.15. The van der Waals surface area contributed by atoms with E-state index < -0.39 is 17.7 Å². The summed E-state index contributed by atoms with van der Waals surface area (Å²) >= 11 is 0. The van der Waals surface area contributed by atoms with E-state index in [1.807, 2.05) is 6.07 Å². The number of nitrogens with zero attached hydrogens (tertiary/aromatic N) is 1. The van der Waals surface area contributed by atoms with E-state index in [4.69, 9.17) is 4.74 Å². The van der Waals surface area contributed by atoms with E-state index in [0.29, 0.717) is 16.8 Å². The van der Waals surface area contributed by atoms with Gasteiger partial charge in [0, 0.05) is 16.5 Å². The average Bonchev–Trinajstić information content (AvgIpc) is 3.04. The number of aromatic nitrogens is 1. The van der Waals surface area contributed by atoms with Crippen LogP contribution in [0.15, 0.2) is 54.1 Å². The quantitative estimate of drug-likeness (QED) is 0.376. The molecule has 28 heavy (non-hydrogen) atoms. The zero-order valence-electron chi connectivity index (χ0n) is 14.8. The number of nitriles is 1. The third kappa shape index (κ3) is 3.76. The molecule has 3 rings (SSSR count). The second-order valence-electron chi connectivity index (χ2n) is 5.92. The summed E-state index contributed by atoms with van der Waals surface area (Å²) in [5.74, 6) is -0.756. The molecule has 0 amide bonds. The fraction of sp³-hybridized carbons (Fsp3) is 0.143. The van der Waals surface area contributed by atoms with Crippen molar-refractivity contribution in [2.24, 2.45) is 0 Å². The van der Waals surface area contributed by atoms with Gasteiger partial charge in [-0.2, -0.15) is 18.4 Å². The lowest BCUT2D eigenvalue weighted by atomic mass is 10.0. The van der Waals surface area contributed by atoms with Crippen LogP contribution in [0.25, 0.3) is 28.2 Å². The maximum Gasteiger partial charge on any atom is 0.416 e. The van der Waals surface area contributed by atoms with Crippen molar-refractivity contribution in [3.05, 3.63) is 65.2 Å². The Morgan fingerprint density at radius 2 is 1.86 bits per heavy atom. The number of benzene rings is 2. The summed E-state index contributed by atoms with van der Waals surface area (Å²) in [5, 5.41) is 10.1. The van der Waals surface area contributed by atoms with Gasteiger partial charge in [-0.25, -0.2) is 4.79 Å². The van der Waals surface area contributed by atoms with E-state index in [2.05, 4.69) is 4.98 Å². The van der Waals surface area contributed by atoms with E-state index in [0.717, 1.165) is 23.0 Å². The van der Waals surface area contributed by atoms with Crippen molar-refractivity contribution in [1.82, 2.24) is 4.98 Å². The van der Waals surface area contributed by atoms with E-state index >= 15 is 0 Å². The van der Waals surface area contributed by atoms with E-state index in [-0.39, 0.29) is 12.2 Å². The number of para-hydroxylation sites is 1. The summed E-state index contributed by atoms with van der Waals surface area (Å²) in [6.45, 7) is 1.75. The molecule has 0 unspecified atom stereocenters. The van der Waals surface area contributed by atoms with Crippen LogP contribution in [0.4, 0.5) is 13.2 Å². The molecular weight excluding hydrogens is 369 g/mol. The molecule has 0 fully saturated rings. The lowest BCUT2D eigenvalue weighted by Gasteiger charge is -2.08. The van der Waals surface area contributed by atoms with Gasteiger partial charge in [-0.15, -0.1) is 0 Å². The Hall–Kier alpha value is -3.53. The van der Waals surface area contributed by atoms with Crippen LogP contribution in [0.3, 0.4) is 0 Å². The van der Waals surface area contributed by atoms with Gasteiger partial charge >= 0.3 is 12.1 Å². The monoisotopic (exact) mass is 384 g/mol. The van der Waals surface area contributed by atoms with E-state index in [9.17, 15) is 23.2 Å². The van der Waals surface area contributed by atoms with Crippen LogP contribution >= 0.6 is 0 Å². The molecule has 0 atom stereocenters. The molecule has 0 radical (unpaired) electrons. The highest BCUT2D eigenvalue weighted by atomic mass is 19.4. The van der Waals surface area contributed by atoms with Gasteiger partial charge in [0.25, 0.3) is 0 Å². The minimum atomic E-state index is -4.43. The molecule has 0 saturated carbocycles. The van der Waals surface area contributed by atoms with Crippen LogP contribution in [0.2, 0.25) is 0 Å². The molecule has 4 nitrogen and oxygen atoms in total. The molecule has 0 saturated heterocycles. The number of ether oxygens (including phenoxy) is 1. The Labute approximate surface area is 158 Å². The van der Waals surface area contributed by atoms with Gasteiger partial charge in [0.2, 0.25) is 0 Å². The van der Waals surface area contributed by atoms with Gasteiger partial charge in [-0.1, -0.05) is 30.3 Å². The molecule has 7 heteroatoms. The molecule has 1 heterocycles. The van der Waals surface area contributed by atoms with E-state index in [1.54, 1.807) is 31.2 Å². The number of hydrogen-bond donors (Lipinski definition) is 1. The van der Waals surface area contributed by atoms with Crippen molar-refractivity contribution < 1.29 is 22.7 Å². The molecular formula is C21H15F3N2O2. The average molecular weight is 384 g/mol. The minimum Gasteiger partial charge on any atom is -0.462 e. The highest BCUT2D eigenvalue weighted by Crippen LogP contribution is 2.35. The summed E-state index contributed by atoms with van der Waals surface area (Å²) in [6.07, 6.45) is -3.04. The van der Waals surface area contributed by atoms with Gasteiger partial charge in [0.05, 0.1) is 17.9 Å². The van der Waals surface area contributed by atoms with Crippen molar-refractivity contribution >= 4 is 22.9 Å². The molecule has 0 aliphatic carbocycles. The molecule has 0 bridgehead atoms. The smallest absolute Gasteiger partial charge is 0.416 e. The van der Waals surface area contributed by atoms with Gasteiger partial charge in [-0.3, -0.25) is 0 Å². The summed E-state index contributed by atoms with van der Waals surface area (Å²) in [6, 6.07) is 13.7. The van der Waals surface area contributed by atoms with Crippen LogP contribution in [0, 0.1) is 11.3 Å². The lowest BCUT2D eigenvalue weighted by Crippen LogP contribution is -2.06. The first-order chi connectivity index (χ1) is 13.3. The SMILES string of the molecule is CCOC(=O)/C(C#N)=C\c1c(-c2ccc(C(F)(F)F)cc2)[nH]c2ccccc12. The molecule has 1 aromatic heterocycles. The van der Waals surface area contributed by atoms with Gasteiger partial charge in [0.15, 0.2) is 0 Å². The number of H-pyrrole nitrogens is 1. The van der Waals surface area contributed by atoms with Crippen molar-refractivity contribution in [1.29, 1.82) is 5.26 Å². The van der Waals surface area contributed by atoms with Crippen LogP contribution in [-0.4, -0.2) is 17.6 Å². The Kier molecular flexibility index (Phi) is 5.23. The van der Waals surface area contributed by atoms with Crippen molar-refractivity contribution in [3.63, 3.8) is 0 Å². The predicted molar refractivity (Wildman–Crippen MR) is 99.0 cm³/mol. The number of hydrogen-bond acceptors (Lipinski definition) is 3. The number of esters is 1. The van der Waals surface area contributed by atoms with Crippen molar-refractivity contribution in [2.45, 2.75) is 13.1 Å². The first kappa shape index (κ1) is 19.2. The molecule has 0 aliphatic heterocycles. The zero-order chi connectivity index (χ0) is 20.3. The second kappa shape index (κ2) is 7.61. The topological polar surface area (TPSA) is 65.9 Å². The van der Waals surface area contributed by atoms with Gasteiger partial charge in [0.1, 0.15) is 11.6 Å². The van der Waals surface area contributed by atoms with Crippen LogP contribution in [0.1, 0.15) is 18.1 Å². The first-order valence-corrected chi connectivity index (χ1v) is 8.42. The van der Waals surface area contributed by atoms with Crippen LogP contribution in [-0.2, 0) is 15.7 Å². The number of carbonyl (C=O) groups excluding carboxylic acids is 1. The standard InChI is InChI=1S/C21H15F3N2O2/c1-2-28-20(27)14(12-25)11-17-16-5-3-4-6-18(16)26-19(17)13-7-9-15(10-8-13)21(22,23)24/h3-11,26H,2H2,1H3/b14-11-. The molecule has 0 spiro atoms. The Morgan fingerprint density at radius 3 is 2.46 bits per heavy atom. The molecule has 0 aliphatic rings. The van der Waals surface area contributed by atoms with Crippen molar-refractivity contribution in [3.8, 4) is 17.3 Å². The number of alkyl halides is 3. The van der Waals surface area contributed by atoms with Crippen LogP contribution < -0.4 is 0 Å². The number of aromatic amines is 1. The largest absolute Gasteiger partial charge is 0.462 e. The number of rotatable bonds is 4. The number of halogens is 3. The first-order valence-electron chi connectivity index (χ1n) is 8.42. The number of fused-ring (bicyclic) bond motifs is 1. The zero-order valence-corrected chi connectivity index (χ0v) is 14.8. The molecule has 3 aromatic rings. The summed E-state index contributed by atoms with van der Waals surface area (Å²) in [5.41, 5.74) is 1.31. The maximum atomic E-state index is 12.8. The van der Waals surface area contributed by atoms with Crippen molar-refractivity contribution in [2.75, 3.05) is 6.61 Å². The Bertz CT molecular complexity index is 1090. The summed E-state index contributed by atoms with van der Waals surface area (Å²) in [7, 11) is 0. The van der Waals surface area contributed by atoms with E-state index in [1.165, 1.54) is 18.2 Å². The number of nitrogens with one attached hydrogen (secondary N) is 1.